The molecule has 0 spiro atoms. The molecular formula is C17H22N4. The zero-order chi connectivity index (χ0) is 14.7. The molecule has 110 valence electrons. The lowest BCUT2D eigenvalue weighted by Crippen LogP contribution is -2.46. The van der Waals surface area contributed by atoms with Crippen LogP contribution in [0.4, 0.5) is 11.5 Å². The van der Waals surface area contributed by atoms with E-state index in [0.29, 0.717) is 5.82 Å². The van der Waals surface area contributed by atoms with E-state index in [0.717, 1.165) is 32.7 Å². The standard InChI is InChI=1S/C17H22N4/c1-14-3-2-4-16(11-14)21-9-7-20(8-10-21)13-15-5-6-17(18)19-12-15/h2-6,11-12H,7-10,13H2,1H3,(H2,18,19). The van der Waals surface area contributed by atoms with Crippen molar-refractivity contribution in [3.63, 3.8) is 0 Å². The Labute approximate surface area is 126 Å². The van der Waals surface area contributed by atoms with Gasteiger partial charge >= 0.3 is 0 Å². The molecule has 0 unspecified atom stereocenters. The van der Waals surface area contributed by atoms with Gasteiger partial charge < -0.3 is 10.6 Å². The number of nitrogens with two attached hydrogens (primary N) is 1. The third-order valence-electron chi connectivity index (χ3n) is 3.99. The molecule has 1 aromatic carbocycles. The van der Waals surface area contributed by atoms with E-state index in [1.165, 1.54) is 16.8 Å². The Bertz CT molecular complexity index is 586. The van der Waals surface area contributed by atoms with Crippen LogP contribution in [-0.4, -0.2) is 36.1 Å². The summed E-state index contributed by atoms with van der Waals surface area (Å²) < 4.78 is 0. The molecule has 1 saturated heterocycles. The fraction of sp³-hybridized carbons (Fsp3) is 0.353. The molecule has 4 nitrogen and oxygen atoms in total. The van der Waals surface area contributed by atoms with Crippen molar-refractivity contribution in [1.29, 1.82) is 0 Å². The molecule has 21 heavy (non-hydrogen) atoms. The van der Waals surface area contributed by atoms with Gasteiger partial charge in [0.2, 0.25) is 0 Å². The number of aryl methyl sites for hydroxylation is 1. The zero-order valence-corrected chi connectivity index (χ0v) is 12.5. The maximum absolute atomic E-state index is 5.62. The Kier molecular flexibility index (Phi) is 4.06. The molecule has 2 aromatic rings. The highest BCUT2D eigenvalue weighted by Gasteiger charge is 2.17. The largest absolute Gasteiger partial charge is 0.384 e. The van der Waals surface area contributed by atoms with Crippen molar-refractivity contribution in [3.8, 4) is 0 Å². The van der Waals surface area contributed by atoms with E-state index in [4.69, 9.17) is 5.73 Å². The lowest BCUT2D eigenvalue weighted by Gasteiger charge is -2.36. The fourth-order valence-electron chi connectivity index (χ4n) is 2.78. The maximum Gasteiger partial charge on any atom is 0.123 e. The predicted octanol–water partition coefficient (Wildman–Crippen LogP) is 2.29. The topological polar surface area (TPSA) is 45.4 Å². The van der Waals surface area contributed by atoms with Crippen LogP contribution in [0.1, 0.15) is 11.1 Å². The van der Waals surface area contributed by atoms with Gasteiger partial charge in [-0.25, -0.2) is 4.98 Å². The highest BCUT2D eigenvalue weighted by molar-refractivity contribution is 5.48. The van der Waals surface area contributed by atoms with Gasteiger partial charge in [-0.1, -0.05) is 18.2 Å². The molecule has 3 rings (SSSR count). The van der Waals surface area contributed by atoms with E-state index in [-0.39, 0.29) is 0 Å². The van der Waals surface area contributed by atoms with Crippen LogP contribution in [0.25, 0.3) is 0 Å². The molecule has 1 aromatic heterocycles. The van der Waals surface area contributed by atoms with Gasteiger partial charge in [0.15, 0.2) is 0 Å². The second-order valence-corrected chi connectivity index (χ2v) is 5.69. The molecule has 1 fully saturated rings. The summed E-state index contributed by atoms with van der Waals surface area (Å²) in [7, 11) is 0. The van der Waals surface area contributed by atoms with Crippen LogP contribution in [0.5, 0.6) is 0 Å². The van der Waals surface area contributed by atoms with Crippen LogP contribution >= 0.6 is 0 Å². The van der Waals surface area contributed by atoms with Gasteiger partial charge in [0.25, 0.3) is 0 Å². The Morgan fingerprint density at radius 3 is 2.57 bits per heavy atom. The van der Waals surface area contributed by atoms with Gasteiger partial charge in [0, 0.05) is 44.6 Å². The number of rotatable bonds is 3. The minimum atomic E-state index is 0.586. The van der Waals surface area contributed by atoms with Gasteiger partial charge in [-0.05, 0) is 36.2 Å². The number of anilines is 2. The highest BCUT2D eigenvalue weighted by Crippen LogP contribution is 2.18. The number of piperazine rings is 1. The summed E-state index contributed by atoms with van der Waals surface area (Å²) in [6, 6.07) is 12.7. The summed E-state index contributed by atoms with van der Waals surface area (Å²) >= 11 is 0. The second-order valence-electron chi connectivity index (χ2n) is 5.69. The minimum Gasteiger partial charge on any atom is -0.384 e. The average Bonchev–Trinajstić information content (AvgIpc) is 2.50. The first-order chi connectivity index (χ1) is 10.2. The lowest BCUT2D eigenvalue weighted by atomic mass is 10.2. The van der Waals surface area contributed by atoms with Crippen LogP contribution in [0.15, 0.2) is 42.6 Å². The first kappa shape index (κ1) is 13.9. The smallest absolute Gasteiger partial charge is 0.123 e. The van der Waals surface area contributed by atoms with Crippen molar-refractivity contribution in [1.82, 2.24) is 9.88 Å². The van der Waals surface area contributed by atoms with E-state index in [2.05, 4.69) is 52.0 Å². The molecule has 0 saturated carbocycles. The number of aromatic nitrogens is 1. The predicted molar refractivity (Wildman–Crippen MR) is 87.3 cm³/mol. The molecule has 2 heterocycles. The third kappa shape index (κ3) is 3.52. The van der Waals surface area contributed by atoms with Gasteiger partial charge in [-0.15, -0.1) is 0 Å². The van der Waals surface area contributed by atoms with E-state index in [9.17, 15) is 0 Å². The molecule has 0 bridgehead atoms. The third-order valence-corrected chi connectivity index (χ3v) is 3.99. The molecular weight excluding hydrogens is 260 g/mol. The van der Waals surface area contributed by atoms with Crippen LogP contribution in [0, 0.1) is 6.92 Å². The Morgan fingerprint density at radius 1 is 1.10 bits per heavy atom. The summed E-state index contributed by atoms with van der Waals surface area (Å²) in [5, 5.41) is 0. The molecule has 0 aliphatic carbocycles. The van der Waals surface area contributed by atoms with Gasteiger partial charge in [0.05, 0.1) is 0 Å². The number of benzene rings is 1. The second kappa shape index (κ2) is 6.14. The Balaban J connectivity index is 1.56. The van der Waals surface area contributed by atoms with Crippen LogP contribution in [-0.2, 0) is 6.54 Å². The van der Waals surface area contributed by atoms with E-state index < -0.39 is 0 Å². The molecule has 0 atom stereocenters. The summed E-state index contributed by atoms with van der Waals surface area (Å²) in [5.74, 6) is 0.586. The number of hydrogen-bond acceptors (Lipinski definition) is 4. The fourth-order valence-corrected chi connectivity index (χ4v) is 2.78. The quantitative estimate of drug-likeness (QED) is 0.938. The minimum absolute atomic E-state index is 0.586. The average molecular weight is 282 g/mol. The summed E-state index contributed by atoms with van der Waals surface area (Å²) in [5.41, 5.74) is 9.51. The van der Waals surface area contributed by atoms with Crippen molar-refractivity contribution in [2.45, 2.75) is 13.5 Å². The number of pyridine rings is 1. The summed E-state index contributed by atoms with van der Waals surface area (Å²) in [4.78, 5) is 9.09. The maximum atomic E-state index is 5.62. The van der Waals surface area contributed by atoms with Crippen LogP contribution in [0.2, 0.25) is 0 Å². The number of nitrogens with zero attached hydrogens (tertiary/aromatic N) is 3. The molecule has 4 heteroatoms. The first-order valence-electron chi connectivity index (χ1n) is 7.45. The Morgan fingerprint density at radius 2 is 1.90 bits per heavy atom. The lowest BCUT2D eigenvalue weighted by molar-refractivity contribution is 0.249. The van der Waals surface area contributed by atoms with Crippen molar-refractivity contribution in [2.75, 3.05) is 36.8 Å². The van der Waals surface area contributed by atoms with Crippen molar-refractivity contribution < 1.29 is 0 Å². The first-order valence-corrected chi connectivity index (χ1v) is 7.45. The van der Waals surface area contributed by atoms with E-state index >= 15 is 0 Å². The number of nitrogen functional groups attached to an aromatic ring is 1. The van der Waals surface area contributed by atoms with Gasteiger partial charge in [-0.2, -0.15) is 0 Å². The van der Waals surface area contributed by atoms with Crippen LogP contribution < -0.4 is 10.6 Å². The molecule has 1 aliphatic rings. The van der Waals surface area contributed by atoms with E-state index in [1.54, 1.807) is 0 Å². The Hall–Kier alpha value is -2.07. The SMILES string of the molecule is Cc1cccc(N2CCN(Cc3ccc(N)nc3)CC2)c1. The van der Waals surface area contributed by atoms with E-state index in [1.807, 2.05) is 12.3 Å². The van der Waals surface area contributed by atoms with Crippen LogP contribution in [0.3, 0.4) is 0 Å². The zero-order valence-electron chi connectivity index (χ0n) is 12.5. The molecule has 1 aliphatic heterocycles. The van der Waals surface area contributed by atoms with Crippen molar-refractivity contribution in [3.05, 3.63) is 53.7 Å². The molecule has 2 N–H and O–H groups in total. The highest BCUT2D eigenvalue weighted by atomic mass is 15.3. The van der Waals surface area contributed by atoms with Gasteiger partial charge in [0.1, 0.15) is 5.82 Å². The molecule has 0 amide bonds. The van der Waals surface area contributed by atoms with Crippen molar-refractivity contribution in [2.24, 2.45) is 0 Å². The summed E-state index contributed by atoms with van der Waals surface area (Å²) in [6.45, 7) is 7.41. The summed E-state index contributed by atoms with van der Waals surface area (Å²) in [6.07, 6.45) is 1.88. The van der Waals surface area contributed by atoms with Crippen molar-refractivity contribution >= 4 is 11.5 Å². The normalized spacial score (nSPS) is 16.1. The van der Waals surface area contributed by atoms with Gasteiger partial charge in [-0.3, -0.25) is 4.90 Å². The molecule has 0 radical (unpaired) electrons. The number of hydrogen-bond donors (Lipinski definition) is 1. The monoisotopic (exact) mass is 282 g/mol.